The van der Waals surface area contributed by atoms with Gasteiger partial charge >= 0.3 is 0 Å². The Labute approximate surface area is 120 Å². The quantitative estimate of drug-likeness (QED) is 0.658. The summed E-state index contributed by atoms with van der Waals surface area (Å²) in [5, 5.41) is 3.13. The Morgan fingerprint density at radius 2 is 1.95 bits per heavy atom. The minimum absolute atomic E-state index is 0.446. The van der Waals surface area contributed by atoms with Crippen molar-refractivity contribution in [3.8, 4) is 0 Å². The second-order valence-electron chi connectivity index (χ2n) is 4.81. The van der Waals surface area contributed by atoms with Gasteiger partial charge in [0, 0.05) is 5.69 Å². The van der Waals surface area contributed by atoms with E-state index < -0.39 is 0 Å². The Morgan fingerprint density at radius 3 is 2.70 bits per heavy atom. The monoisotopic (exact) mass is 267 g/mol. The highest BCUT2D eigenvalue weighted by Crippen LogP contribution is 2.11. The number of hydrogen-bond acceptors (Lipinski definition) is 1. The fraction of sp³-hybridized carbons (Fsp3) is 0.235. The van der Waals surface area contributed by atoms with E-state index in [1.165, 1.54) is 16.7 Å². The Bertz CT molecular complexity index is 603. The molecule has 0 aliphatic rings. The number of guanidine groups is 1. The average Bonchev–Trinajstić information content (AvgIpc) is 2.46. The largest absolute Gasteiger partial charge is 0.370 e. The van der Waals surface area contributed by atoms with Crippen LogP contribution in [0.1, 0.15) is 23.6 Å². The number of nitrogens with zero attached hydrogens (tertiary/aromatic N) is 1. The van der Waals surface area contributed by atoms with Crippen molar-refractivity contribution in [1.29, 1.82) is 0 Å². The lowest BCUT2D eigenvalue weighted by atomic mass is 10.1. The molecule has 0 saturated carbocycles. The maximum Gasteiger partial charge on any atom is 0.193 e. The molecule has 0 aromatic heterocycles. The highest BCUT2D eigenvalue weighted by molar-refractivity contribution is 5.92. The molecule has 3 N–H and O–H groups in total. The Balaban J connectivity index is 2.02. The smallest absolute Gasteiger partial charge is 0.193 e. The number of rotatable bonds is 4. The molecule has 0 unspecified atom stereocenters. The number of benzene rings is 2. The van der Waals surface area contributed by atoms with Crippen molar-refractivity contribution < 1.29 is 0 Å². The number of nitrogens with one attached hydrogen (secondary N) is 1. The summed E-state index contributed by atoms with van der Waals surface area (Å²) in [5.41, 5.74) is 10.6. The van der Waals surface area contributed by atoms with E-state index in [4.69, 9.17) is 5.73 Å². The first-order chi connectivity index (χ1) is 9.69. The lowest BCUT2D eigenvalue weighted by Gasteiger charge is -2.08. The van der Waals surface area contributed by atoms with E-state index in [2.05, 4.69) is 48.4 Å². The molecule has 0 amide bonds. The molecule has 104 valence electrons. The fourth-order valence-electron chi connectivity index (χ4n) is 2.01. The Hall–Kier alpha value is -2.29. The predicted octanol–water partition coefficient (Wildman–Crippen LogP) is 3.48. The van der Waals surface area contributed by atoms with E-state index >= 15 is 0 Å². The van der Waals surface area contributed by atoms with Crippen molar-refractivity contribution in [1.82, 2.24) is 0 Å². The second kappa shape index (κ2) is 6.75. The van der Waals surface area contributed by atoms with E-state index in [-0.39, 0.29) is 0 Å². The van der Waals surface area contributed by atoms with Crippen LogP contribution in [-0.2, 0) is 13.0 Å². The number of nitrogens with two attached hydrogens (primary N) is 1. The van der Waals surface area contributed by atoms with Crippen molar-refractivity contribution in [2.45, 2.75) is 26.8 Å². The van der Waals surface area contributed by atoms with E-state index in [1.54, 1.807) is 0 Å². The molecule has 20 heavy (non-hydrogen) atoms. The molecule has 0 radical (unpaired) electrons. The molecule has 0 heterocycles. The van der Waals surface area contributed by atoms with Crippen LogP contribution in [0.2, 0.25) is 0 Å². The molecule has 0 aliphatic heterocycles. The molecule has 0 atom stereocenters. The normalized spacial score (nSPS) is 11.4. The molecule has 3 heteroatoms. The van der Waals surface area contributed by atoms with E-state index in [1.807, 2.05) is 24.3 Å². The van der Waals surface area contributed by atoms with Crippen LogP contribution in [0, 0.1) is 6.92 Å². The number of aliphatic imine (C=N–C) groups is 1. The summed E-state index contributed by atoms with van der Waals surface area (Å²) in [7, 11) is 0. The highest BCUT2D eigenvalue weighted by atomic mass is 15.1. The van der Waals surface area contributed by atoms with E-state index in [9.17, 15) is 0 Å². The summed E-state index contributed by atoms with van der Waals surface area (Å²) in [4.78, 5) is 4.39. The third-order valence-electron chi connectivity index (χ3n) is 3.29. The zero-order valence-corrected chi connectivity index (χ0v) is 12.1. The molecule has 0 fully saturated rings. The Morgan fingerprint density at radius 1 is 1.15 bits per heavy atom. The summed E-state index contributed by atoms with van der Waals surface area (Å²) in [6.07, 6.45) is 1.01. The van der Waals surface area contributed by atoms with Gasteiger partial charge in [-0.15, -0.1) is 0 Å². The first-order valence-corrected chi connectivity index (χ1v) is 6.89. The van der Waals surface area contributed by atoms with Gasteiger partial charge in [0.05, 0.1) is 6.54 Å². The molecule has 0 aliphatic carbocycles. The van der Waals surface area contributed by atoms with Crippen LogP contribution >= 0.6 is 0 Å². The van der Waals surface area contributed by atoms with Crippen LogP contribution in [0.25, 0.3) is 0 Å². The van der Waals surface area contributed by atoms with Gasteiger partial charge in [0.15, 0.2) is 5.96 Å². The highest BCUT2D eigenvalue weighted by Gasteiger charge is 1.98. The number of hydrogen-bond donors (Lipinski definition) is 2. The van der Waals surface area contributed by atoms with Gasteiger partial charge in [-0.25, -0.2) is 4.99 Å². The average molecular weight is 267 g/mol. The number of aryl methyl sites for hydroxylation is 2. The van der Waals surface area contributed by atoms with Crippen molar-refractivity contribution in [3.05, 3.63) is 65.2 Å². The zero-order valence-electron chi connectivity index (χ0n) is 12.1. The summed E-state index contributed by atoms with van der Waals surface area (Å²) < 4.78 is 0. The molecule has 2 aromatic carbocycles. The van der Waals surface area contributed by atoms with Gasteiger partial charge < -0.3 is 11.1 Å². The molecule has 0 saturated heterocycles. The maximum atomic E-state index is 5.93. The van der Waals surface area contributed by atoms with Gasteiger partial charge in [0.2, 0.25) is 0 Å². The van der Waals surface area contributed by atoms with Crippen molar-refractivity contribution in [2.24, 2.45) is 10.7 Å². The minimum Gasteiger partial charge on any atom is -0.370 e. The van der Waals surface area contributed by atoms with Crippen molar-refractivity contribution in [2.75, 3.05) is 5.32 Å². The molecular formula is C17H21N3. The van der Waals surface area contributed by atoms with Gasteiger partial charge in [0.25, 0.3) is 0 Å². The van der Waals surface area contributed by atoms with Crippen LogP contribution in [0.3, 0.4) is 0 Å². The van der Waals surface area contributed by atoms with Crippen LogP contribution in [0.15, 0.2) is 53.5 Å². The lowest BCUT2D eigenvalue weighted by Crippen LogP contribution is -2.22. The van der Waals surface area contributed by atoms with Gasteiger partial charge in [-0.1, -0.05) is 43.3 Å². The summed E-state index contributed by atoms with van der Waals surface area (Å²) in [6.45, 7) is 4.81. The third kappa shape index (κ3) is 3.85. The van der Waals surface area contributed by atoms with E-state index in [0.717, 1.165) is 12.1 Å². The van der Waals surface area contributed by atoms with Crippen molar-refractivity contribution in [3.63, 3.8) is 0 Å². The van der Waals surface area contributed by atoms with Gasteiger partial charge in [-0.2, -0.15) is 0 Å². The molecule has 2 rings (SSSR count). The lowest BCUT2D eigenvalue weighted by molar-refractivity contribution is 1.04. The zero-order chi connectivity index (χ0) is 14.4. The van der Waals surface area contributed by atoms with Gasteiger partial charge in [-0.3, -0.25) is 0 Å². The molecule has 0 bridgehead atoms. The van der Waals surface area contributed by atoms with Crippen LogP contribution < -0.4 is 11.1 Å². The van der Waals surface area contributed by atoms with E-state index in [0.29, 0.717) is 12.5 Å². The van der Waals surface area contributed by atoms with Crippen LogP contribution in [0.4, 0.5) is 5.69 Å². The SMILES string of the molecule is CCc1cccc(NC(N)=NCc2ccccc2C)c1. The van der Waals surface area contributed by atoms with Crippen LogP contribution in [0.5, 0.6) is 0 Å². The maximum absolute atomic E-state index is 5.93. The van der Waals surface area contributed by atoms with Crippen LogP contribution in [-0.4, -0.2) is 5.96 Å². The number of anilines is 1. The minimum atomic E-state index is 0.446. The predicted molar refractivity (Wildman–Crippen MR) is 85.9 cm³/mol. The van der Waals surface area contributed by atoms with Gasteiger partial charge in [-0.05, 0) is 42.2 Å². The Kier molecular flexibility index (Phi) is 4.77. The molecule has 2 aromatic rings. The summed E-state index contributed by atoms with van der Waals surface area (Å²) >= 11 is 0. The van der Waals surface area contributed by atoms with Gasteiger partial charge in [0.1, 0.15) is 0 Å². The third-order valence-corrected chi connectivity index (χ3v) is 3.29. The first-order valence-electron chi connectivity index (χ1n) is 6.89. The molecule has 3 nitrogen and oxygen atoms in total. The van der Waals surface area contributed by atoms with Crippen molar-refractivity contribution >= 4 is 11.6 Å². The fourth-order valence-corrected chi connectivity index (χ4v) is 2.01. The summed E-state index contributed by atoms with van der Waals surface area (Å²) in [5.74, 6) is 0.446. The summed E-state index contributed by atoms with van der Waals surface area (Å²) in [6, 6.07) is 16.4. The molecule has 0 spiro atoms. The molecular weight excluding hydrogens is 246 g/mol. The first kappa shape index (κ1) is 14.1. The topological polar surface area (TPSA) is 50.4 Å². The second-order valence-corrected chi connectivity index (χ2v) is 4.81. The standard InChI is InChI=1S/C17H21N3/c1-3-14-8-6-10-16(11-14)20-17(18)19-12-15-9-5-4-7-13(15)2/h4-11H,3,12H2,1-2H3,(H3,18,19,20).